The number of rotatable bonds is 6. The molecule has 124 valence electrons. The Morgan fingerprint density at radius 2 is 2.04 bits per heavy atom. The minimum Gasteiger partial charge on any atom is -0.481 e. The zero-order chi connectivity index (χ0) is 17.2. The van der Waals surface area contributed by atoms with Crippen LogP contribution in [0.15, 0.2) is 42.7 Å². The number of aliphatic carboxylic acids is 1. The fourth-order valence-electron chi connectivity index (χ4n) is 2.49. The summed E-state index contributed by atoms with van der Waals surface area (Å²) in [6.07, 6.45) is 2.03. The van der Waals surface area contributed by atoms with E-state index in [-0.39, 0.29) is 6.42 Å². The van der Waals surface area contributed by atoms with Gasteiger partial charge in [0.05, 0.1) is 5.69 Å². The molecule has 7 heteroatoms. The van der Waals surface area contributed by atoms with Crippen molar-refractivity contribution in [2.75, 3.05) is 5.32 Å². The van der Waals surface area contributed by atoms with Crippen molar-refractivity contribution in [3.63, 3.8) is 0 Å². The molecule has 2 aromatic heterocycles. The Bertz CT molecular complexity index is 858. The largest absolute Gasteiger partial charge is 0.481 e. The standard InChI is InChI=1S/C17H19N5O2/c1-17(2,9-8-15(23)24)21-14-10-13(12-6-4-3-5-7-12)20-16-18-11-19-22(14)16/h3-7,10-11,21H,8-9H2,1-2H3,(H,23,24). The summed E-state index contributed by atoms with van der Waals surface area (Å²) in [6.45, 7) is 3.92. The Morgan fingerprint density at radius 1 is 1.29 bits per heavy atom. The number of fused-ring (bicyclic) bond motifs is 1. The zero-order valence-corrected chi connectivity index (χ0v) is 13.6. The van der Waals surface area contributed by atoms with E-state index >= 15 is 0 Å². The lowest BCUT2D eigenvalue weighted by Crippen LogP contribution is -2.32. The van der Waals surface area contributed by atoms with Crippen molar-refractivity contribution in [3.05, 3.63) is 42.7 Å². The molecular weight excluding hydrogens is 306 g/mol. The third-order valence-electron chi connectivity index (χ3n) is 3.75. The molecule has 0 fully saturated rings. The molecule has 0 aliphatic carbocycles. The van der Waals surface area contributed by atoms with Crippen LogP contribution in [-0.2, 0) is 4.79 Å². The average Bonchev–Trinajstić information content (AvgIpc) is 3.02. The van der Waals surface area contributed by atoms with Crippen molar-refractivity contribution in [1.82, 2.24) is 19.6 Å². The lowest BCUT2D eigenvalue weighted by Gasteiger charge is -2.27. The molecule has 0 unspecified atom stereocenters. The van der Waals surface area contributed by atoms with Gasteiger partial charge in [0.1, 0.15) is 12.1 Å². The highest BCUT2D eigenvalue weighted by Crippen LogP contribution is 2.24. The number of hydrogen-bond acceptors (Lipinski definition) is 5. The van der Waals surface area contributed by atoms with E-state index in [1.807, 2.05) is 50.2 Å². The molecule has 2 heterocycles. The molecule has 0 saturated carbocycles. The van der Waals surface area contributed by atoms with Crippen LogP contribution in [0.2, 0.25) is 0 Å². The number of nitrogens with one attached hydrogen (secondary N) is 1. The van der Waals surface area contributed by atoms with Gasteiger partial charge in [-0.15, -0.1) is 0 Å². The van der Waals surface area contributed by atoms with E-state index in [1.165, 1.54) is 6.33 Å². The summed E-state index contributed by atoms with van der Waals surface area (Å²) >= 11 is 0. The average molecular weight is 325 g/mol. The van der Waals surface area contributed by atoms with Crippen LogP contribution < -0.4 is 5.32 Å². The molecular formula is C17H19N5O2. The number of hydrogen-bond donors (Lipinski definition) is 2. The first-order valence-corrected chi connectivity index (χ1v) is 7.71. The monoisotopic (exact) mass is 325 g/mol. The maximum absolute atomic E-state index is 10.8. The first kappa shape index (κ1) is 15.9. The van der Waals surface area contributed by atoms with Gasteiger partial charge in [-0.2, -0.15) is 14.6 Å². The van der Waals surface area contributed by atoms with E-state index in [0.717, 1.165) is 17.1 Å². The maximum Gasteiger partial charge on any atom is 0.303 e. The Kier molecular flexibility index (Phi) is 4.16. The van der Waals surface area contributed by atoms with Gasteiger partial charge < -0.3 is 10.4 Å². The number of nitrogens with zero attached hydrogens (tertiary/aromatic N) is 4. The minimum atomic E-state index is -0.810. The fourth-order valence-corrected chi connectivity index (χ4v) is 2.49. The molecule has 1 aromatic carbocycles. The molecule has 0 spiro atoms. The SMILES string of the molecule is CC(C)(CCC(=O)O)Nc1cc(-c2ccccc2)nc2ncnn12. The van der Waals surface area contributed by atoms with Crippen molar-refractivity contribution in [3.8, 4) is 11.3 Å². The Hall–Kier alpha value is -2.96. The number of aromatic nitrogens is 4. The van der Waals surface area contributed by atoms with Crippen LogP contribution in [0.4, 0.5) is 5.82 Å². The van der Waals surface area contributed by atoms with Gasteiger partial charge in [-0.3, -0.25) is 4.79 Å². The van der Waals surface area contributed by atoms with Crippen molar-refractivity contribution < 1.29 is 9.90 Å². The lowest BCUT2D eigenvalue weighted by atomic mass is 9.98. The summed E-state index contributed by atoms with van der Waals surface area (Å²) in [7, 11) is 0. The highest BCUT2D eigenvalue weighted by atomic mass is 16.4. The van der Waals surface area contributed by atoms with E-state index < -0.39 is 11.5 Å². The highest BCUT2D eigenvalue weighted by Gasteiger charge is 2.21. The Morgan fingerprint density at radius 3 is 2.75 bits per heavy atom. The number of anilines is 1. The Balaban J connectivity index is 1.97. The number of carboxylic acids is 1. The molecule has 0 saturated heterocycles. The highest BCUT2D eigenvalue weighted by molar-refractivity contribution is 5.67. The quantitative estimate of drug-likeness (QED) is 0.724. The topological polar surface area (TPSA) is 92.4 Å². The summed E-state index contributed by atoms with van der Waals surface area (Å²) in [4.78, 5) is 19.5. The second-order valence-corrected chi connectivity index (χ2v) is 6.27. The van der Waals surface area contributed by atoms with Gasteiger partial charge in [-0.25, -0.2) is 4.98 Å². The van der Waals surface area contributed by atoms with Crippen LogP contribution in [0.25, 0.3) is 17.0 Å². The van der Waals surface area contributed by atoms with Crippen LogP contribution >= 0.6 is 0 Å². The molecule has 3 rings (SSSR count). The van der Waals surface area contributed by atoms with Gasteiger partial charge in [0.2, 0.25) is 0 Å². The molecule has 7 nitrogen and oxygen atoms in total. The normalized spacial score (nSPS) is 11.6. The molecule has 0 aliphatic heterocycles. The number of carbonyl (C=O) groups is 1. The summed E-state index contributed by atoms with van der Waals surface area (Å²) in [5, 5.41) is 16.5. The number of benzene rings is 1. The first-order valence-electron chi connectivity index (χ1n) is 7.71. The maximum atomic E-state index is 10.8. The minimum absolute atomic E-state index is 0.0944. The van der Waals surface area contributed by atoms with Crippen molar-refractivity contribution in [2.45, 2.75) is 32.2 Å². The second-order valence-electron chi connectivity index (χ2n) is 6.27. The van der Waals surface area contributed by atoms with Crippen molar-refractivity contribution in [2.24, 2.45) is 0 Å². The van der Waals surface area contributed by atoms with Crippen LogP contribution in [0.1, 0.15) is 26.7 Å². The fraction of sp³-hybridized carbons (Fsp3) is 0.294. The molecule has 0 bridgehead atoms. The molecule has 3 aromatic rings. The van der Waals surface area contributed by atoms with Crippen LogP contribution in [-0.4, -0.2) is 36.2 Å². The molecule has 0 atom stereocenters. The predicted molar refractivity (Wildman–Crippen MR) is 90.8 cm³/mol. The van der Waals surface area contributed by atoms with E-state index in [0.29, 0.717) is 12.2 Å². The molecule has 0 radical (unpaired) electrons. The van der Waals surface area contributed by atoms with Crippen molar-refractivity contribution in [1.29, 1.82) is 0 Å². The third-order valence-corrected chi connectivity index (χ3v) is 3.75. The summed E-state index contributed by atoms with van der Waals surface area (Å²) in [6, 6.07) is 11.7. The molecule has 24 heavy (non-hydrogen) atoms. The molecule has 0 aliphatic rings. The van der Waals surface area contributed by atoms with E-state index in [9.17, 15) is 4.79 Å². The third kappa shape index (κ3) is 3.51. The van der Waals surface area contributed by atoms with E-state index in [4.69, 9.17) is 5.11 Å². The van der Waals surface area contributed by atoms with E-state index in [2.05, 4.69) is 20.4 Å². The summed E-state index contributed by atoms with van der Waals surface area (Å²) in [5.74, 6) is 0.412. The smallest absolute Gasteiger partial charge is 0.303 e. The molecule has 2 N–H and O–H groups in total. The van der Waals surface area contributed by atoms with Gasteiger partial charge in [0, 0.05) is 23.6 Å². The molecule has 0 amide bonds. The van der Waals surface area contributed by atoms with Crippen LogP contribution in [0.3, 0.4) is 0 Å². The van der Waals surface area contributed by atoms with Gasteiger partial charge in [0.25, 0.3) is 5.78 Å². The van der Waals surface area contributed by atoms with Gasteiger partial charge in [-0.05, 0) is 20.3 Å². The summed E-state index contributed by atoms with van der Waals surface area (Å²) in [5.41, 5.74) is 1.36. The van der Waals surface area contributed by atoms with Crippen LogP contribution in [0.5, 0.6) is 0 Å². The second kappa shape index (κ2) is 6.27. The van der Waals surface area contributed by atoms with Crippen molar-refractivity contribution >= 4 is 17.6 Å². The van der Waals surface area contributed by atoms with Gasteiger partial charge in [0.15, 0.2) is 0 Å². The first-order chi connectivity index (χ1) is 11.4. The number of carboxylic acid groups (broad SMARTS) is 1. The predicted octanol–water partition coefficient (Wildman–Crippen LogP) is 2.85. The van der Waals surface area contributed by atoms with Gasteiger partial charge >= 0.3 is 5.97 Å². The lowest BCUT2D eigenvalue weighted by molar-refractivity contribution is -0.137. The van der Waals surface area contributed by atoms with Gasteiger partial charge in [-0.1, -0.05) is 30.3 Å². The zero-order valence-electron chi connectivity index (χ0n) is 13.6. The Labute approximate surface area is 139 Å². The summed E-state index contributed by atoms with van der Waals surface area (Å²) < 4.78 is 1.62. The van der Waals surface area contributed by atoms with Crippen LogP contribution in [0, 0.1) is 0 Å². The van der Waals surface area contributed by atoms with E-state index in [1.54, 1.807) is 4.52 Å².